The van der Waals surface area contributed by atoms with Gasteiger partial charge in [0.2, 0.25) is 5.91 Å². The molecule has 0 saturated carbocycles. The van der Waals surface area contributed by atoms with Crippen molar-refractivity contribution < 1.29 is 29.0 Å². The predicted molar refractivity (Wildman–Crippen MR) is 133 cm³/mol. The number of nitrogens with zero attached hydrogens (tertiary/aromatic N) is 2. The molecule has 9 heteroatoms. The minimum Gasteiger partial charge on any atom is -0.445 e. The van der Waals surface area contributed by atoms with Gasteiger partial charge in [-0.05, 0) is 52.5 Å². The van der Waals surface area contributed by atoms with Gasteiger partial charge in [0.1, 0.15) is 18.2 Å². The molecule has 2 N–H and O–H groups in total. The zero-order chi connectivity index (χ0) is 26.2. The van der Waals surface area contributed by atoms with Crippen LogP contribution in [0.1, 0.15) is 65.9 Å². The minimum atomic E-state index is -0.957. The molecule has 3 amide bonds. The molecule has 0 radical (unpaired) electrons. The highest BCUT2D eigenvalue weighted by Gasteiger charge is 2.37. The number of hydrogen-bond donors (Lipinski definition) is 2. The van der Waals surface area contributed by atoms with E-state index in [1.165, 1.54) is 9.80 Å². The first kappa shape index (κ1) is 28.4. The molecule has 2 rings (SSSR count). The zero-order valence-electron chi connectivity index (χ0n) is 21.8. The van der Waals surface area contributed by atoms with Gasteiger partial charge in [0, 0.05) is 13.1 Å². The normalized spacial score (nSPS) is 21.5. The van der Waals surface area contributed by atoms with Gasteiger partial charge < -0.3 is 29.7 Å². The molecule has 1 aliphatic heterocycles. The molecule has 1 unspecified atom stereocenters. The van der Waals surface area contributed by atoms with Crippen molar-refractivity contribution in [1.82, 2.24) is 15.1 Å². The summed E-state index contributed by atoms with van der Waals surface area (Å²) in [5.74, 6) is -0.297. The SMILES string of the molecule is CCCC(NC(=O)OC(C)(C)C)C(=O)N(C)[C@@H]1CC[C@H](C)N(C(=O)OCc2ccccc2)C[C@H]1O. The second kappa shape index (κ2) is 12.8. The monoisotopic (exact) mass is 491 g/mol. The number of carbonyl (C=O) groups excluding carboxylic acids is 3. The quantitative estimate of drug-likeness (QED) is 0.602. The fourth-order valence-electron chi connectivity index (χ4n) is 4.18. The summed E-state index contributed by atoms with van der Waals surface area (Å²) in [7, 11) is 1.63. The molecule has 0 aromatic heterocycles. The van der Waals surface area contributed by atoms with E-state index in [4.69, 9.17) is 9.47 Å². The van der Waals surface area contributed by atoms with Gasteiger partial charge in [-0.15, -0.1) is 0 Å². The van der Waals surface area contributed by atoms with Gasteiger partial charge >= 0.3 is 12.2 Å². The molecule has 0 aliphatic carbocycles. The van der Waals surface area contributed by atoms with Gasteiger partial charge in [-0.1, -0.05) is 43.7 Å². The molecular formula is C26H41N3O6. The van der Waals surface area contributed by atoms with Gasteiger partial charge in [0.05, 0.1) is 18.7 Å². The van der Waals surface area contributed by atoms with Crippen molar-refractivity contribution in [2.45, 2.75) is 96.7 Å². The molecule has 1 heterocycles. The first-order valence-electron chi connectivity index (χ1n) is 12.3. The highest BCUT2D eigenvalue weighted by Crippen LogP contribution is 2.23. The number of benzene rings is 1. The molecular weight excluding hydrogens is 450 g/mol. The zero-order valence-corrected chi connectivity index (χ0v) is 21.8. The number of hydrogen-bond acceptors (Lipinski definition) is 6. The molecule has 0 spiro atoms. The average molecular weight is 492 g/mol. The van der Waals surface area contributed by atoms with Gasteiger partial charge in [0.25, 0.3) is 0 Å². The van der Waals surface area contributed by atoms with Crippen LogP contribution in [-0.2, 0) is 20.9 Å². The standard InChI is InChI=1S/C26H41N3O6/c1-7-11-20(27-24(32)35-26(3,4)5)23(31)28(6)21-15-14-18(2)29(16-22(21)30)25(33)34-17-19-12-9-8-10-13-19/h8-10,12-13,18,20-22,30H,7,11,14-17H2,1-6H3,(H,27,32)/t18-,20?,21+,22+/m0/s1. The number of aliphatic hydroxyl groups is 1. The fraction of sp³-hybridized carbons (Fsp3) is 0.654. The Morgan fingerprint density at radius 3 is 2.46 bits per heavy atom. The first-order valence-corrected chi connectivity index (χ1v) is 12.3. The summed E-state index contributed by atoms with van der Waals surface area (Å²) in [5, 5.41) is 13.7. The number of nitrogens with one attached hydrogen (secondary N) is 1. The van der Waals surface area contributed by atoms with Crippen molar-refractivity contribution in [2.75, 3.05) is 13.6 Å². The topological polar surface area (TPSA) is 108 Å². The molecule has 9 nitrogen and oxygen atoms in total. The summed E-state index contributed by atoms with van der Waals surface area (Å²) in [4.78, 5) is 41.4. The second-order valence-corrected chi connectivity index (χ2v) is 10.2. The lowest BCUT2D eigenvalue weighted by Gasteiger charge is -2.34. The number of likely N-dealkylation sites (N-methyl/N-ethyl adjacent to an activating group) is 1. The van der Waals surface area contributed by atoms with E-state index >= 15 is 0 Å². The van der Waals surface area contributed by atoms with Gasteiger partial charge in [0.15, 0.2) is 0 Å². The number of alkyl carbamates (subject to hydrolysis) is 1. The summed E-state index contributed by atoms with van der Waals surface area (Å²) in [5.41, 5.74) is 0.202. The molecule has 196 valence electrons. The number of amides is 3. The smallest absolute Gasteiger partial charge is 0.410 e. The third kappa shape index (κ3) is 8.72. The van der Waals surface area contributed by atoms with Crippen LogP contribution in [0.15, 0.2) is 30.3 Å². The Morgan fingerprint density at radius 1 is 1.20 bits per heavy atom. The van der Waals surface area contributed by atoms with Crippen LogP contribution in [0.4, 0.5) is 9.59 Å². The lowest BCUT2D eigenvalue weighted by molar-refractivity contribution is -0.137. The van der Waals surface area contributed by atoms with E-state index in [2.05, 4.69) is 5.32 Å². The molecule has 1 aliphatic rings. The molecule has 1 fully saturated rings. The number of carbonyl (C=O) groups is 3. The van der Waals surface area contributed by atoms with E-state index in [0.29, 0.717) is 25.7 Å². The van der Waals surface area contributed by atoms with Crippen molar-refractivity contribution in [2.24, 2.45) is 0 Å². The number of aliphatic hydroxyl groups excluding tert-OH is 1. The Bertz CT molecular complexity index is 841. The van der Waals surface area contributed by atoms with Crippen molar-refractivity contribution in [3.63, 3.8) is 0 Å². The number of ether oxygens (including phenoxy) is 2. The Kier molecular flexibility index (Phi) is 10.4. The average Bonchev–Trinajstić information content (AvgIpc) is 2.93. The Labute approximate surface area is 208 Å². The van der Waals surface area contributed by atoms with Crippen LogP contribution in [0.2, 0.25) is 0 Å². The summed E-state index contributed by atoms with van der Waals surface area (Å²) in [6, 6.07) is 7.98. The maximum Gasteiger partial charge on any atom is 0.410 e. The molecule has 4 atom stereocenters. The van der Waals surface area contributed by atoms with Crippen LogP contribution in [0, 0.1) is 0 Å². The van der Waals surface area contributed by atoms with Crippen molar-refractivity contribution in [3.05, 3.63) is 35.9 Å². The van der Waals surface area contributed by atoms with E-state index in [9.17, 15) is 19.5 Å². The highest BCUT2D eigenvalue weighted by molar-refractivity contribution is 5.85. The summed E-state index contributed by atoms with van der Waals surface area (Å²) in [6.45, 7) is 9.31. The van der Waals surface area contributed by atoms with Gasteiger partial charge in [-0.25, -0.2) is 9.59 Å². The predicted octanol–water partition coefficient (Wildman–Crippen LogP) is 3.69. The van der Waals surface area contributed by atoms with Crippen LogP contribution in [0.25, 0.3) is 0 Å². The van der Waals surface area contributed by atoms with E-state index < -0.39 is 36.0 Å². The van der Waals surface area contributed by atoms with Crippen LogP contribution in [0.3, 0.4) is 0 Å². The maximum atomic E-state index is 13.3. The van der Waals surface area contributed by atoms with Crippen LogP contribution in [-0.4, -0.2) is 76.4 Å². The van der Waals surface area contributed by atoms with Crippen LogP contribution in [0.5, 0.6) is 0 Å². The third-order valence-electron chi connectivity index (χ3n) is 6.09. The van der Waals surface area contributed by atoms with E-state index in [1.807, 2.05) is 44.2 Å². The molecule has 35 heavy (non-hydrogen) atoms. The summed E-state index contributed by atoms with van der Waals surface area (Å²) < 4.78 is 10.8. The van der Waals surface area contributed by atoms with E-state index in [1.54, 1.807) is 27.8 Å². The lowest BCUT2D eigenvalue weighted by Crippen LogP contribution is -2.54. The Balaban J connectivity index is 2.03. The second-order valence-electron chi connectivity index (χ2n) is 10.2. The maximum absolute atomic E-state index is 13.3. The van der Waals surface area contributed by atoms with Crippen molar-refractivity contribution in [3.8, 4) is 0 Å². The largest absolute Gasteiger partial charge is 0.445 e. The van der Waals surface area contributed by atoms with Crippen molar-refractivity contribution >= 4 is 18.1 Å². The lowest BCUT2D eigenvalue weighted by atomic mass is 10.0. The fourth-order valence-corrected chi connectivity index (χ4v) is 4.18. The summed E-state index contributed by atoms with van der Waals surface area (Å²) >= 11 is 0. The number of β-amino-alcohol motifs (C(OH)–C–C–N with tert-alkyl or cyclic N) is 1. The Hall–Kier alpha value is -2.81. The number of rotatable bonds is 7. The highest BCUT2D eigenvalue weighted by atomic mass is 16.6. The molecule has 1 aromatic carbocycles. The third-order valence-corrected chi connectivity index (χ3v) is 6.09. The molecule has 0 bridgehead atoms. The van der Waals surface area contributed by atoms with Crippen LogP contribution >= 0.6 is 0 Å². The van der Waals surface area contributed by atoms with Gasteiger partial charge in [-0.2, -0.15) is 0 Å². The van der Waals surface area contributed by atoms with E-state index in [-0.39, 0.29) is 25.1 Å². The first-order chi connectivity index (χ1) is 16.4. The summed E-state index contributed by atoms with van der Waals surface area (Å²) in [6.07, 6.45) is 0.133. The van der Waals surface area contributed by atoms with Crippen LogP contribution < -0.4 is 5.32 Å². The minimum absolute atomic E-state index is 0.0506. The number of likely N-dealkylation sites (tertiary alicyclic amines) is 1. The Morgan fingerprint density at radius 2 is 1.86 bits per heavy atom. The molecule has 1 aromatic rings. The van der Waals surface area contributed by atoms with Crippen molar-refractivity contribution in [1.29, 1.82) is 0 Å². The van der Waals surface area contributed by atoms with E-state index in [0.717, 1.165) is 5.56 Å². The van der Waals surface area contributed by atoms with Gasteiger partial charge in [-0.3, -0.25) is 4.79 Å². The molecule has 1 saturated heterocycles.